The van der Waals surface area contributed by atoms with E-state index >= 15 is 0 Å². The number of hydrogen-bond donors (Lipinski definition) is 0. The normalized spacial score (nSPS) is 12.0. The molecule has 1 aromatic rings. The van der Waals surface area contributed by atoms with Gasteiger partial charge >= 0.3 is 172 Å². The van der Waals surface area contributed by atoms with Crippen molar-refractivity contribution in [1.82, 2.24) is 9.80 Å². The standard InChI is InChI=1S/C18H24N4O2Se2/c1-5-21(6-2)17(25)19-15(23)13-10-9-11-14(12-13)16(24)20-18(26)22(7-3)8-4/h9-12H,5-8H2,1-4H3. The monoisotopic (exact) mass is 488 g/mol. The Labute approximate surface area is 171 Å². The average Bonchev–Trinajstić information content (AvgIpc) is 2.63. The van der Waals surface area contributed by atoms with E-state index in [1.54, 1.807) is 18.2 Å². The molecule has 0 atom stereocenters. The minimum absolute atomic E-state index is 0.357. The first-order valence-corrected chi connectivity index (χ1v) is 10.3. The summed E-state index contributed by atoms with van der Waals surface area (Å²) in [6.07, 6.45) is 0. The quantitative estimate of drug-likeness (QED) is 0.349. The molecule has 2 amide bonds. The van der Waals surface area contributed by atoms with Crippen LogP contribution in [-0.4, -0.2) is 89.3 Å². The van der Waals surface area contributed by atoms with Crippen LogP contribution in [0.25, 0.3) is 0 Å². The summed E-state index contributed by atoms with van der Waals surface area (Å²) in [6, 6.07) is 6.48. The molecule has 8 heteroatoms. The van der Waals surface area contributed by atoms with E-state index in [2.05, 4.69) is 42.0 Å². The van der Waals surface area contributed by atoms with Crippen LogP contribution >= 0.6 is 0 Å². The van der Waals surface area contributed by atoms with E-state index < -0.39 is 11.8 Å². The van der Waals surface area contributed by atoms with E-state index in [1.807, 2.05) is 37.5 Å². The van der Waals surface area contributed by atoms with Crippen LogP contribution in [0.3, 0.4) is 0 Å². The van der Waals surface area contributed by atoms with Crippen molar-refractivity contribution in [3.05, 3.63) is 35.4 Å². The van der Waals surface area contributed by atoms with Gasteiger partial charge in [0.05, 0.1) is 0 Å². The van der Waals surface area contributed by atoms with E-state index in [-0.39, 0.29) is 0 Å². The van der Waals surface area contributed by atoms with Gasteiger partial charge in [0.1, 0.15) is 0 Å². The zero-order valence-electron chi connectivity index (χ0n) is 15.6. The summed E-state index contributed by atoms with van der Waals surface area (Å²) in [5.74, 6) is -0.785. The third-order valence-corrected chi connectivity index (χ3v) is 5.29. The van der Waals surface area contributed by atoms with Crippen molar-refractivity contribution >= 4 is 53.3 Å². The number of hydrogen-bond acceptors (Lipinski definition) is 2. The Morgan fingerprint density at radius 2 is 1.15 bits per heavy atom. The molecule has 2 radical (unpaired) electrons. The predicted molar refractivity (Wildman–Crippen MR) is 107 cm³/mol. The second-order valence-electron chi connectivity index (χ2n) is 5.32. The number of amides is 2. The van der Waals surface area contributed by atoms with Crippen LogP contribution in [0, 0.1) is 0 Å². The van der Waals surface area contributed by atoms with E-state index in [4.69, 9.17) is 0 Å². The first kappa shape index (κ1) is 22.6. The van der Waals surface area contributed by atoms with Crippen molar-refractivity contribution in [2.45, 2.75) is 27.7 Å². The van der Waals surface area contributed by atoms with Gasteiger partial charge in [0.15, 0.2) is 0 Å². The van der Waals surface area contributed by atoms with Gasteiger partial charge in [-0.2, -0.15) is 0 Å². The molecule has 0 aromatic heterocycles. The van der Waals surface area contributed by atoms with Gasteiger partial charge in [-0.25, -0.2) is 0 Å². The Balaban J connectivity index is 3.04. The molecule has 0 N–H and O–H groups in total. The second-order valence-corrected chi connectivity index (χ2v) is 6.86. The number of carbonyl (C=O) groups is 2. The van der Waals surface area contributed by atoms with Crippen molar-refractivity contribution in [1.29, 1.82) is 0 Å². The second kappa shape index (κ2) is 11.3. The minimum atomic E-state index is -0.392. The van der Waals surface area contributed by atoms with Crippen LogP contribution in [0.1, 0.15) is 48.4 Å². The van der Waals surface area contributed by atoms with E-state index in [0.717, 1.165) is 26.2 Å². The molecule has 0 saturated heterocycles. The van der Waals surface area contributed by atoms with Crippen molar-refractivity contribution in [3.8, 4) is 0 Å². The summed E-state index contributed by atoms with van der Waals surface area (Å²) >= 11 is 5.65. The Kier molecular flexibility index (Phi) is 9.81. The molecule has 0 heterocycles. The molecule has 0 aliphatic carbocycles. The van der Waals surface area contributed by atoms with Gasteiger partial charge in [-0.1, -0.05) is 0 Å². The SMILES string of the molecule is CCN(CC)C([Se])=NC(=O)c1cccc(C(=O)N=C([Se])N(CC)CC)c1. The van der Waals surface area contributed by atoms with Crippen molar-refractivity contribution in [2.24, 2.45) is 9.98 Å². The predicted octanol–water partition coefficient (Wildman–Crippen LogP) is 1.70. The molecule has 6 nitrogen and oxygen atoms in total. The van der Waals surface area contributed by atoms with E-state index in [0.29, 0.717) is 20.6 Å². The maximum atomic E-state index is 12.4. The fourth-order valence-electron chi connectivity index (χ4n) is 2.22. The van der Waals surface area contributed by atoms with Crippen LogP contribution in [0.2, 0.25) is 0 Å². The summed E-state index contributed by atoms with van der Waals surface area (Å²) in [4.78, 5) is 36.9. The molecule has 0 bridgehead atoms. The van der Waals surface area contributed by atoms with E-state index in [9.17, 15) is 9.59 Å². The van der Waals surface area contributed by atoms with Gasteiger partial charge in [0.2, 0.25) is 0 Å². The van der Waals surface area contributed by atoms with Gasteiger partial charge in [-0.05, 0) is 0 Å². The fourth-order valence-corrected chi connectivity index (χ4v) is 3.65. The zero-order valence-corrected chi connectivity index (χ0v) is 19.0. The van der Waals surface area contributed by atoms with Crippen molar-refractivity contribution in [3.63, 3.8) is 0 Å². The van der Waals surface area contributed by atoms with Gasteiger partial charge in [0.25, 0.3) is 0 Å². The average molecular weight is 486 g/mol. The molecule has 0 aliphatic heterocycles. The Morgan fingerprint density at radius 3 is 1.46 bits per heavy atom. The maximum absolute atomic E-state index is 12.4. The molecular formula is C18H24N4O2Se2. The third-order valence-electron chi connectivity index (χ3n) is 3.82. The van der Waals surface area contributed by atoms with Crippen LogP contribution in [0.5, 0.6) is 0 Å². The summed E-state index contributed by atoms with van der Waals surface area (Å²) in [5.41, 5.74) is 0.714. The molecule has 140 valence electrons. The Bertz CT molecular complexity index is 641. The van der Waals surface area contributed by atoms with Crippen LogP contribution in [0.4, 0.5) is 0 Å². The van der Waals surface area contributed by atoms with Gasteiger partial charge in [-0.3, -0.25) is 0 Å². The Morgan fingerprint density at radius 1 is 0.808 bits per heavy atom. The summed E-state index contributed by atoms with van der Waals surface area (Å²) in [6.45, 7) is 11.0. The van der Waals surface area contributed by atoms with Crippen molar-refractivity contribution < 1.29 is 9.59 Å². The van der Waals surface area contributed by atoms with Crippen molar-refractivity contribution in [2.75, 3.05) is 26.2 Å². The summed E-state index contributed by atoms with van der Waals surface area (Å²) in [7, 11) is 0. The number of benzene rings is 1. The summed E-state index contributed by atoms with van der Waals surface area (Å²) < 4.78 is 1.09. The van der Waals surface area contributed by atoms with Crippen LogP contribution in [0.15, 0.2) is 34.3 Å². The van der Waals surface area contributed by atoms with Gasteiger partial charge in [-0.15, -0.1) is 0 Å². The first-order valence-electron chi connectivity index (χ1n) is 8.57. The number of amidine groups is 2. The number of carbonyl (C=O) groups excluding carboxylic acids is 2. The molecule has 0 fully saturated rings. The van der Waals surface area contributed by atoms with Crippen LogP contribution in [-0.2, 0) is 0 Å². The molecule has 0 aliphatic rings. The summed E-state index contributed by atoms with van der Waals surface area (Å²) in [5, 5.41) is 0. The third kappa shape index (κ3) is 6.36. The first-order chi connectivity index (χ1) is 12.4. The molecular weight excluding hydrogens is 462 g/mol. The molecule has 1 aromatic carbocycles. The molecule has 0 unspecified atom stereocenters. The molecule has 1 rings (SSSR count). The Hall–Kier alpha value is -1.46. The molecule has 26 heavy (non-hydrogen) atoms. The molecule has 0 spiro atoms. The fraction of sp³-hybridized carbons (Fsp3) is 0.444. The van der Waals surface area contributed by atoms with Crippen LogP contribution < -0.4 is 0 Å². The number of aliphatic imine (C=N–C) groups is 2. The molecule has 0 saturated carbocycles. The van der Waals surface area contributed by atoms with Gasteiger partial charge < -0.3 is 0 Å². The number of nitrogens with zero attached hydrogens (tertiary/aromatic N) is 4. The van der Waals surface area contributed by atoms with E-state index in [1.165, 1.54) is 6.07 Å². The topological polar surface area (TPSA) is 65.3 Å². The zero-order chi connectivity index (χ0) is 19.7. The van der Waals surface area contributed by atoms with Gasteiger partial charge in [0, 0.05) is 0 Å². The number of rotatable bonds is 6.